The van der Waals surface area contributed by atoms with Crippen LogP contribution in [-0.2, 0) is 6.42 Å². The zero-order valence-corrected chi connectivity index (χ0v) is 8.29. The summed E-state index contributed by atoms with van der Waals surface area (Å²) < 4.78 is 0. The van der Waals surface area contributed by atoms with Crippen LogP contribution in [0, 0.1) is 6.42 Å². The lowest BCUT2D eigenvalue weighted by atomic mass is 10.2. The summed E-state index contributed by atoms with van der Waals surface area (Å²) in [7, 11) is 0. The van der Waals surface area contributed by atoms with Gasteiger partial charge in [0, 0.05) is 18.7 Å². The van der Waals surface area contributed by atoms with Gasteiger partial charge in [-0.1, -0.05) is 6.92 Å². The number of aromatic amines is 1. The number of aromatic nitrogens is 2. The third kappa shape index (κ3) is 1.52. The molecule has 4 nitrogen and oxygen atoms in total. The normalized spacial score (nSPS) is 16.2. The van der Waals surface area contributed by atoms with Crippen LogP contribution >= 0.6 is 0 Å². The van der Waals surface area contributed by atoms with Gasteiger partial charge in [0.2, 0.25) is 0 Å². The highest BCUT2D eigenvalue weighted by Gasteiger charge is 2.17. The molecule has 0 aliphatic carbocycles. The zero-order chi connectivity index (χ0) is 9.97. The summed E-state index contributed by atoms with van der Waals surface area (Å²) in [4.78, 5) is 13.7. The Morgan fingerprint density at radius 2 is 2.50 bits per heavy atom. The minimum atomic E-state index is -0.0584. The second kappa shape index (κ2) is 3.82. The van der Waals surface area contributed by atoms with E-state index >= 15 is 0 Å². The SMILES string of the molecule is CCc1c(N2C[CH]CC2)cn[nH]c1=O. The number of hydrogen-bond donors (Lipinski definition) is 1. The molecular formula is C10H14N3O. The van der Waals surface area contributed by atoms with Crippen LogP contribution in [0.4, 0.5) is 5.69 Å². The molecule has 1 aromatic heterocycles. The van der Waals surface area contributed by atoms with E-state index in [9.17, 15) is 4.79 Å². The maximum atomic E-state index is 11.5. The van der Waals surface area contributed by atoms with Crippen molar-refractivity contribution in [2.75, 3.05) is 18.0 Å². The first-order valence-corrected chi connectivity index (χ1v) is 4.96. The lowest BCUT2D eigenvalue weighted by molar-refractivity contribution is 0.885. The van der Waals surface area contributed by atoms with Crippen LogP contribution in [-0.4, -0.2) is 23.3 Å². The first-order chi connectivity index (χ1) is 6.83. The molecule has 0 unspecified atom stereocenters. The van der Waals surface area contributed by atoms with Crippen molar-refractivity contribution in [1.82, 2.24) is 10.2 Å². The molecule has 4 heteroatoms. The Kier molecular flexibility index (Phi) is 2.52. The third-order valence-electron chi connectivity index (χ3n) is 2.58. The summed E-state index contributed by atoms with van der Waals surface area (Å²) in [6.45, 7) is 3.92. The molecule has 0 aromatic carbocycles. The van der Waals surface area contributed by atoms with Crippen molar-refractivity contribution >= 4 is 5.69 Å². The smallest absolute Gasteiger partial charge is 0.269 e. The van der Waals surface area contributed by atoms with Gasteiger partial charge in [-0.2, -0.15) is 5.10 Å². The van der Waals surface area contributed by atoms with E-state index in [4.69, 9.17) is 0 Å². The monoisotopic (exact) mass is 192 g/mol. The van der Waals surface area contributed by atoms with Gasteiger partial charge < -0.3 is 4.90 Å². The first kappa shape index (κ1) is 9.24. The molecule has 0 saturated carbocycles. The van der Waals surface area contributed by atoms with Crippen molar-refractivity contribution in [1.29, 1.82) is 0 Å². The molecule has 0 atom stereocenters. The van der Waals surface area contributed by atoms with Gasteiger partial charge in [0.25, 0.3) is 5.56 Å². The number of H-pyrrole nitrogens is 1. The topological polar surface area (TPSA) is 49.0 Å². The van der Waals surface area contributed by atoms with Gasteiger partial charge in [0.15, 0.2) is 0 Å². The fourth-order valence-corrected chi connectivity index (χ4v) is 1.83. The summed E-state index contributed by atoms with van der Waals surface area (Å²) in [5, 5.41) is 6.32. The summed E-state index contributed by atoms with van der Waals surface area (Å²) in [6, 6.07) is 0. The lowest BCUT2D eigenvalue weighted by Crippen LogP contribution is -2.24. The van der Waals surface area contributed by atoms with Crippen LogP contribution in [0.5, 0.6) is 0 Å². The molecule has 0 amide bonds. The van der Waals surface area contributed by atoms with Gasteiger partial charge in [-0.25, -0.2) is 5.10 Å². The molecule has 1 radical (unpaired) electrons. The number of rotatable bonds is 2. The standard InChI is InChI=1S/C10H14N3O/c1-2-8-9(7-11-12-10(8)14)13-5-3-4-6-13/h3,7H,2,4-6H2,1H3,(H,12,14). The summed E-state index contributed by atoms with van der Waals surface area (Å²) >= 11 is 0. The Morgan fingerprint density at radius 3 is 3.14 bits per heavy atom. The molecule has 0 bridgehead atoms. The quantitative estimate of drug-likeness (QED) is 0.752. The Morgan fingerprint density at radius 1 is 1.64 bits per heavy atom. The molecule has 1 fully saturated rings. The fraction of sp³-hybridized carbons (Fsp3) is 0.500. The van der Waals surface area contributed by atoms with Crippen LogP contribution in [0.1, 0.15) is 18.9 Å². The van der Waals surface area contributed by atoms with Crippen molar-refractivity contribution in [2.45, 2.75) is 19.8 Å². The molecule has 2 rings (SSSR count). The van der Waals surface area contributed by atoms with E-state index < -0.39 is 0 Å². The minimum Gasteiger partial charge on any atom is -0.370 e. The summed E-state index contributed by atoms with van der Waals surface area (Å²) in [5.74, 6) is 0. The number of nitrogens with one attached hydrogen (secondary N) is 1. The van der Waals surface area contributed by atoms with Gasteiger partial charge in [0.1, 0.15) is 0 Å². The number of anilines is 1. The molecule has 1 aliphatic heterocycles. The van der Waals surface area contributed by atoms with E-state index in [0.29, 0.717) is 0 Å². The maximum absolute atomic E-state index is 11.5. The van der Waals surface area contributed by atoms with Gasteiger partial charge >= 0.3 is 0 Å². The molecular weight excluding hydrogens is 178 g/mol. The van der Waals surface area contributed by atoms with E-state index in [2.05, 4.69) is 21.5 Å². The van der Waals surface area contributed by atoms with Gasteiger partial charge in [-0.3, -0.25) is 4.79 Å². The van der Waals surface area contributed by atoms with E-state index in [1.807, 2.05) is 6.92 Å². The van der Waals surface area contributed by atoms with Crippen molar-refractivity contribution in [2.24, 2.45) is 0 Å². The van der Waals surface area contributed by atoms with Crippen LogP contribution < -0.4 is 10.5 Å². The average molecular weight is 192 g/mol. The minimum absolute atomic E-state index is 0.0584. The van der Waals surface area contributed by atoms with Crippen LogP contribution in [0.15, 0.2) is 11.0 Å². The second-order valence-electron chi connectivity index (χ2n) is 3.44. The maximum Gasteiger partial charge on any atom is 0.269 e. The Hall–Kier alpha value is -1.32. The molecule has 1 aliphatic rings. The average Bonchev–Trinajstić information content (AvgIpc) is 2.70. The molecule has 1 saturated heterocycles. The van der Waals surface area contributed by atoms with Crippen molar-refractivity contribution in [3.63, 3.8) is 0 Å². The van der Waals surface area contributed by atoms with E-state index in [0.717, 1.165) is 37.2 Å². The largest absolute Gasteiger partial charge is 0.370 e. The van der Waals surface area contributed by atoms with Gasteiger partial charge in [0.05, 0.1) is 11.9 Å². The van der Waals surface area contributed by atoms with Crippen molar-refractivity contribution in [3.05, 3.63) is 28.5 Å². The van der Waals surface area contributed by atoms with Crippen LogP contribution in [0.3, 0.4) is 0 Å². The van der Waals surface area contributed by atoms with Crippen LogP contribution in [0.25, 0.3) is 0 Å². The lowest BCUT2D eigenvalue weighted by Gasteiger charge is -2.19. The van der Waals surface area contributed by atoms with E-state index in [1.165, 1.54) is 0 Å². The van der Waals surface area contributed by atoms with Gasteiger partial charge in [-0.05, 0) is 19.3 Å². The Balaban J connectivity index is 2.40. The highest BCUT2D eigenvalue weighted by Crippen LogP contribution is 2.20. The summed E-state index contributed by atoms with van der Waals surface area (Å²) in [6.07, 6.45) is 5.82. The highest BCUT2D eigenvalue weighted by molar-refractivity contribution is 5.52. The third-order valence-corrected chi connectivity index (χ3v) is 2.58. The van der Waals surface area contributed by atoms with E-state index in [1.54, 1.807) is 6.20 Å². The molecule has 14 heavy (non-hydrogen) atoms. The Labute approximate surface area is 82.9 Å². The van der Waals surface area contributed by atoms with Gasteiger partial charge in [-0.15, -0.1) is 0 Å². The molecule has 2 heterocycles. The fourth-order valence-electron chi connectivity index (χ4n) is 1.83. The van der Waals surface area contributed by atoms with Crippen molar-refractivity contribution < 1.29 is 0 Å². The zero-order valence-electron chi connectivity index (χ0n) is 8.29. The number of hydrogen-bond acceptors (Lipinski definition) is 3. The predicted octanol–water partition coefficient (Wildman–Crippen LogP) is 0.747. The van der Waals surface area contributed by atoms with E-state index in [-0.39, 0.29) is 5.56 Å². The molecule has 0 spiro atoms. The van der Waals surface area contributed by atoms with Crippen molar-refractivity contribution in [3.8, 4) is 0 Å². The summed E-state index contributed by atoms with van der Waals surface area (Å²) in [5.41, 5.74) is 1.78. The molecule has 75 valence electrons. The molecule has 1 aromatic rings. The number of nitrogens with zero attached hydrogens (tertiary/aromatic N) is 2. The highest BCUT2D eigenvalue weighted by atomic mass is 16.1. The Bertz CT molecular complexity index is 366. The molecule has 1 N–H and O–H groups in total. The first-order valence-electron chi connectivity index (χ1n) is 4.96. The second-order valence-corrected chi connectivity index (χ2v) is 3.44. The van der Waals surface area contributed by atoms with Crippen LogP contribution in [0.2, 0.25) is 0 Å². The predicted molar refractivity (Wildman–Crippen MR) is 55.4 cm³/mol.